The molecule has 0 amide bonds. The second kappa shape index (κ2) is 21.6. The number of ether oxygens (including phenoxy) is 2. The maximum atomic E-state index is 5.70. The molecular formula is C63H70N2O2S2. The Morgan fingerprint density at radius 3 is 1.41 bits per heavy atom. The van der Waals surface area contributed by atoms with Gasteiger partial charge in [-0.05, 0) is 146 Å². The van der Waals surface area contributed by atoms with Crippen molar-refractivity contribution in [3.8, 4) is 76.5 Å². The first-order chi connectivity index (χ1) is 33.7. The molecule has 0 atom stereocenters. The number of nitrogens with zero attached hydrogens (tertiary/aromatic N) is 2. The number of hydrogen-bond donors (Lipinski definition) is 0. The fourth-order valence-electron chi connectivity index (χ4n) is 10.9. The highest BCUT2D eigenvalue weighted by atomic mass is 32.1. The molecule has 69 heavy (non-hydrogen) atoms. The lowest BCUT2D eigenvalue weighted by Crippen LogP contribution is -2.25. The third kappa shape index (κ3) is 9.95. The molecular weight excluding hydrogens is 881 g/mol. The van der Waals surface area contributed by atoms with Crippen molar-refractivity contribution in [3.63, 3.8) is 0 Å². The summed E-state index contributed by atoms with van der Waals surface area (Å²) in [6.45, 7) is 13.6. The third-order valence-corrected chi connectivity index (χ3v) is 17.4. The molecule has 3 aromatic heterocycles. The van der Waals surface area contributed by atoms with Crippen LogP contribution in [-0.4, -0.2) is 24.2 Å². The van der Waals surface area contributed by atoms with Gasteiger partial charge in [0, 0.05) is 47.2 Å². The molecule has 0 aliphatic heterocycles. The van der Waals surface area contributed by atoms with Crippen LogP contribution in [0.2, 0.25) is 0 Å². The van der Waals surface area contributed by atoms with Crippen LogP contribution in [0.3, 0.4) is 0 Å². The van der Waals surface area contributed by atoms with Gasteiger partial charge in [-0.15, -0.1) is 22.7 Å². The Bertz CT molecular complexity index is 3010. The number of benzene rings is 5. The van der Waals surface area contributed by atoms with E-state index in [1.807, 2.05) is 46.9 Å². The van der Waals surface area contributed by atoms with Crippen molar-refractivity contribution in [2.75, 3.05) is 14.2 Å². The Hall–Kier alpha value is -5.56. The molecule has 0 spiro atoms. The maximum Gasteiger partial charge on any atom is 0.118 e. The monoisotopic (exact) mass is 950 g/mol. The number of thiophene rings is 2. The summed E-state index contributed by atoms with van der Waals surface area (Å²) in [4.78, 5) is 16.4. The van der Waals surface area contributed by atoms with E-state index in [9.17, 15) is 0 Å². The molecule has 0 radical (unpaired) electrons. The first-order valence-electron chi connectivity index (χ1n) is 25.7. The van der Waals surface area contributed by atoms with E-state index in [0.29, 0.717) is 0 Å². The van der Waals surface area contributed by atoms with Gasteiger partial charge < -0.3 is 9.47 Å². The minimum absolute atomic E-state index is 0.0236. The highest BCUT2D eigenvalue weighted by Crippen LogP contribution is 2.56. The highest BCUT2D eigenvalue weighted by Gasteiger charge is 2.42. The van der Waals surface area contributed by atoms with Crippen molar-refractivity contribution >= 4 is 33.7 Å². The van der Waals surface area contributed by atoms with Gasteiger partial charge in [0.1, 0.15) is 11.5 Å². The molecule has 9 rings (SSSR count). The minimum Gasteiger partial charge on any atom is -0.497 e. The molecule has 0 saturated carbocycles. The van der Waals surface area contributed by atoms with Crippen LogP contribution >= 0.6 is 22.7 Å². The number of methoxy groups -OCH3 is 2. The van der Waals surface area contributed by atoms with Gasteiger partial charge in [0.15, 0.2) is 0 Å². The van der Waals surface area contributed by atoms with Crippen molar-refractivity contribution < 1.29 is 9.47 Å². The molecule has 1 aliphatic carbocycles. The lowest BCUT2D eigenvalue weighted by atomic mass is 9.70. The van der Waals surface area contributed by atoms with Crippen molar-refractivity contribution in [3.05, 3.63) is 142 Å². The Morgan fingerprint density at radius 2 is 0.899 bits per heavy atom. The molecule has 5 aromatic carbocycles. The van der Waals surface area contributed by atoms with Gasteiger partial charge in [-0.3, -0.25) is 0 Å². The first-order valence-corrected chi connectivity index (χ1v) is 27.4. The predicted molar refractivity (Wildman–Crippen MR) is 297 cm³/mol. The number of fused-ring (bicyclic) bond motifs is 4. The van der Waals surface area contributed by atoms with E-state index in [0.717, 1.165) is 56.2 Å². The lowest BCUT2D eigenvalue weighted by Gasteiger charge is -2.33. The topological polar surface area (TPSA) is 44.2 Å². The second-order valence-corrected chi connectivity index (χ2v) is 21.9. The summed E-state index contributed by atoms with van der Waals surface area (Å²) < 4.78 is 11.2. The first kappa shape index (κ1) is 48.5. The minimum atomic E-state index is 0.0236. The molecule has 3 heterocycles. The average Bonchev–Trinajstić information content (AvgIpc) is 4.01. The van der Waals surface area contributed by atoms with Gasteiger partial charge in [0.05, 0.1) is 36.6 Å². The van der Waals surface area contributed by atoms with Gasteiger partial charge in [-0.2, -0.15) is 0 Å². The third-order valence-electron chi connectivity index (χ3n) is 14.9. The summed E-state index contributed by atoms with van der Waals surface area (Å²) in [5.41, 5.74) is 19.0. The van der Waals surface area contributed by atoms with Crippen LogP contribution in [0.5, 0.6) is 11.5 Å². The van der Waals surface area contributed by atoms with E-state index in [1.165, 1.54) is 143 Å². The molecule has 4 nitrogen and oxygen atoms in total. The van der Waals surface area contributed by atoms with Crippen LogP contribution in [0.25, 0.3) is 76.0 Å². The number of hydrogen-bond acceptors (Lipinski definition) is 6. The van der Waals surface area contributed by atoms with Gasteiger partial charge in [-0.1, -0.05) is 139 Å². The summed E-state index contributed by atoms with van der Waals surface area (Å²) in [7, 11) is 3.41. The van der Waals surface area contributed by atoms with E-state index < -0.39 is 0 Å². The molecule has 356 valence electrons. The molecule has 6 heteroatoms. The van der Waals surface area contributed by atoms with E-state index in [4.69, 9.17) is 19.4 Å². The molecule has 8 aromatic rings. The Morgan fingerprint density at radius 1 is 0.449 bits per heavy atom. The van der Waals surface area contributed by atoms with Crippen LogP contribution in [0, 0.1) is 27.7 Å². The average molecular weight is 951 g/mol. The van der Waals surface area contributed by atoms with Crippen molar-refractivity contribution in [1.29, 1.82) is 0 Å². The van der Waals surface area contributed by atoms with Crippen LogP contribution in [-0.2, 0) is 5.41 Å². The Balaban J connectivity index is 1.18. The fraction of sp³-hybridized carbons (Fsp3) is 0.365. The molecule has 0 saturated heterocycles. The smallest absolute Gasteiger partial charge is 0.118 e. The normalized spacial score (nSPS) is 12.7. The molecule has 0 unspecified atom stereocenters. The van der Waals surface area contributed by atoms with E-state index in [-0.39, 0.29) is 5.41 Å². The van der Waals surface area contributed by atoms with Gasteiger partial charge in [0.2, 0.25) is 0 Å². The number of aryl methyl sites for hydroxylation is 4. The van der Waals surface area contributed by atoms with E-state index >= 15 is 0 Å². The largest absolute Gasteiger partial charge is 0.497 e. The molecule has 1 aliphatic rings. The van der Waals surface area contributed by atoms with Crippen LogP contribution in [0.4, 0.5) is 0 Å². The molecule has 0 bridgehead atoms. The summed E-state index contributed by atoms with van der Waals surface area (Å²) in [6.07, 6.45) is 18.2. The SMILES string of the molecule is CCCCCCCCC1(CCCCCCCC)c2cc(C)ccc2-c2ccc(-c3sc(-c4ccc(-c5cc(C)c(C)s5)c5nc(-c6ccc(OC)cc6)c(-c6ccc(OC)cc6)nc45)cc3C)cc21. The van der Waals surface area contributed by atoms with Gasteiger partial charge in [-0.25, -0.2) is 9.97 Å². The molecule has 0 N–H and O–H groups in total. The highest BCUT2D eigenvalue weighted by molar-refractivity contribution is 7.19. The number of rotatable bonds is 21. The van der Waals surface area contributed by atoms with E-state index in [2.05, 4.69) is 126 Å². The van der Waals surface area contributed by atoms with Gasteiger partial charge in [0.25, 0.3) is 0 Å². The summed E-state index contributed by atoms with van der Waals surface area (Å²) in [5.74, 6) is 1.61. The Labute approximate surface area is 420 Å². The summed E-state index contributed by atoms with van der Waals surface area (Å²) >= 11 is 3.72. The summed E-state index contributed by atoms with van der Waals surface area (Å²) in [6, 6.07) is 40.5. The lowest BCUT2D eigenvalue weighted by molar-refractivity contribution is 0.398. The standard InChI is InChI=1S/C63H70N2O2S2/c1-9-11-13-15-17-19-35-63(36-20-18-16-14-12-10-2)54-37-41(3)21-31-50(54)51-32-26-47(40-55(51)63)62-43(5)39-57(69-62)53-34-33-52(56-38-42(4)44(6)68-56)60-61(53)65-59(46-24-29-49(67-8)30-25-46)58(64-60)45-22-27-48(66-7)28-23-45/h21-34,37-40H,9-20,35-36H2,1-8H3. The predicted octanol–water partition coefficient (Wildman–Crippen LogP) is 19.1. The molecule has 0 fully saturated rings. The zero-order valence-corrected chi connectivity index (χ0v) is 44.0. The van der Waals surface area contributed by atoms with Crippen LogP contribution in [0.15, 0.2) is 109 Å². The van der Waals surface area contributed by atoms with Crippen LogP contribution < -0.4 is 9.47 Å². The Kier molecular flexibility index (Phi) is 15.2. The van der Waals surface area contributed by atoms with E-state index in [1.54, 1.807) is 25.3 Å². The maximum absolute atomic E-state index is 5.70. The van der Waals surface area contributed by atoms with Crippen molar-refractivity contribution in [1.82, 2.24) is 9.97 Å². The second-order valence-electron chi connectivity index (χ2n) is 19.6. The quantitative estimate of drug-likeness (QED) is 0.0673. The number of unbranched alkanes of at least 4 members (excludes halogenated alkanes) is 10. The number of aromatic nitrogens is 2. The zero-order chi connectivity index (χ0) is 48.1. The summed E-state index contributed by atoms with van der Waals surface area (Å²) in [5, 5.41) is 0. The zero-order valence-electron chi connectivity index (χ0n) is 42.3. The van der Waals surface area contributed by atoms with Crippen molar-refractivity contribution in [2.24, 2.45) is 0 Å². The van der Waals surface area contributed by atoms with Crippen molar-refractivity contribution in [2.45, 2.75) is 137 Å². The van der Waals surface area contributed by atoms with Crippen LogP contribution in [0.1, 0.15) is 136 Å². The fourth-order valence-corrected chi connectivity index (χ4v) is 13.1. The van der Waals surface area contributed by atoms with Gasteiger partial charge >= 0.3 is 0 Å².